The molecule has 0 unspecified atom stereocenters. The van der Waals surface area contributed by atoms with Gasteiger partial charge in [-0.05, 0) is 12.8 Å². The maximum atomic E-state index is 12.6. The first-order chi connectivity index (χ1) is 9.19. The molecule has 0 aromatic heterocycles. The third-order valence-corrected chi connectivity index (χ3v) is 3.29. The van der Waals surface area contributed by atoms with Gasteiger partial charge in [-0.25, -0.2) is 0 Å². The van der Waals surface area contributed by atoms with E-state index in [9.17, 15) is 18.0 Å². The van der Waals surface area contributed by atoms with Crippen LogP contribution in [0.4, 0.5) is 13.2 Å². The lowest BCUT2D eigenvalue weighted by molar-refractivity contribution is -0.163. The summed E-state index contributed by atoms with van der Waals surface area (Å²) in [4.78, 5) is 15.0. The summed E-state index contributed by atoms with van der Waals surface area (Å²) >= 11 is 0. The Balaban J connectivity index is 2.62. The molecule has 7 heteroatoms. The standard InChI is InChI=1S/C13H24F3N3O/c1-10(2)7-19(9-13(14,15)16)12(20)8-18-5-4-17-6-11(18)3/h10-11,17H,4-9H2,1-3H3/t11-/m0/s1. The zero-order chi connectivity index (χ0) is 15.3. The van der Waals surface area contributed by atoms with E-state index in [1.54, 1.807) is 0 Å². The number of halogens is 3. The fraction of sp³-hybridized carbons (Fsp3) is 0.923. The molecule has 0 spiro atoms. The molecule has 20 heavy (non-hydrogen) atoms. The van der Waals surface area contributed by atoms with Gasteiger partial charge in [0.15, 0.2) is 0 Å². The molecule has 1 rings (SSSR count). The van der Waals surface area contributed by atoms with Crippen LogP contribution < -0.4 is 5.32 Å². The van der Waals surface area contributed by atoms with E-state index in [4.69, 9.17) is 0 Å². The van der Waals surface area contributed by atoms with Crippen LogP contribution in [0.25, 0.3) is 0 Å². The minimum Gasteiger partial charge on any atom is -0.332 e. The summed E-state index contributed by atoms with van der Waals surface area (Å²) in [6.07, 6.45) is -4.35. The average Bonchev–Trinajstić information content (AvgIpc) is 2.28. The molecule has 0 aliphatic carbocycles. The van der Waals surface area contributed by atoms with Gasteiger partial charge in [0.25, 0.3) is 0 Å². The van der Waals surface area contributed by atoms with Crippen LogP contribution in [0.5, 0.6) is 0 Å². The molecular formula is C13H24F3N3O. The summed E-state index contributed by atoms with van der Waals surface area (Å²) in [6, 6.07) is 0.166. The Bertz CT molecular complexity index is 320. The quantitative estimate of drug-likeness (QED) is 0.831. The first-order valence-corrected chi connectivity index (χ1v) is 6.98. The molecule has 1 saturated heterocycles. The van der Waals surface area contributed by atoms with Crippen LogP contribution in [-0.4, -0.2) is 67.2 Å². The molecule has 0 aromatic rings. The molecule has 1 atom stereocenters. The van der Waals surface area contributed by atoms with Crippen LogP contribution in [0, 0.1) is 5.92 Å². The first-order valence-electron chi connectivity index (χ1n) is 6.98. The van der Waals surface area contributed by atoms with E-state index in [0.717, 1.165) is 18.0 Å². The van der Waals surface area contributed by atoms with Gasteiger partial charge in [-0.15, -0.1) is 0 Å². The number of alkyl halides is 3. The van der Waals surface area contributed by atoms with Crippen molar-refractivity contribution in [1.29, 1.82) is 0 Å². The highest BCUT2D eigenvalue weighted by Gasteiger charge is 2.34. The fourth-order valence-electron chi connectivity index (χ4n) is 2.30. The second kappa shape index (κ2) is 7.26. The van der Waals surface area contributed by atoms with Crippen LogP contribution >= 0.6 is 0 Å². The zero-order valence-electron chi connectivity index (χ0n) is 12.3. The summed E-state index contributed by atoms with van der Waals surface area (Å²) in [6.45, 7) is 6.84. The van der Waals surface area contributed by atoms with Crippen LogP contribution in [0.15, 0.2) is 0 Å². The van der Waals surface area contributed by atoms with E-state index in [-0.39, 0.29) is 25.0 Å². The summed E-state index contributed by atoms with van der Waals surface area (Å²) < 4.78 is 37.7. The molecule has 1 fully saturated rings. The van der Waals surface area contributed by atoms with Crippen molar-refractivity contribution in [2.24, 2.45) is 5.92 Å². The molecule has 1 aliphatic heterocycles. The van der Waals surface area contributed by atoms with Crippen molar-refractivity contribution in [3.05, 3.63) is 0 Å². The molecule has 0 bridgehead atoms. The number of amides is 1. The molecule has 1 aliphatic rings. The van der Waals surface area contributed by atoms with Crippen molar-refractivity contribution >= 4 is 5.91 Å². The van der Waals surface area contributed by atoms with Gasteiger partial charge in [-0.1, -0.05) is 13.8 Å². The SMILES string of the molecule is CC(C)CN(CC(F)(F)F)C(=O)CN1CCNC[C@@H]1C. The van der Waals surface area contributed by atoms with Crippen molar-refractivity contribution < 1.29 is 18.0 Å². The number of nitrogens with one attached hydrogen (secondary N) is 1. The van der Waals surface area contributed by atoms with E-state index in [2.05, 4.69) is 5.32 Å². The lowest BCUT2D eigenvalue weighted by atomic mass is 10.2. The minimum absolute atomic E-state index is 0.0155. The monoisotopic (exact) mass is 295 g/mol. The third kappa shape index (κ3) is 6.09. The van der Waals surface area contributed by atoms with Gasteiger partial charge in [0.2, 0.25) is 5.91 Å². The number of piperazine rings is 1. The summed E-state index contributed by atoms with van der Waals surface area (Å²) in [5, 5.41) is 3.19. The molecule has 1 heterocycles. The van der Waals surface area contributed by atoms with Crippen molar-refractivity contribution in [1.82, 2.24) is 15.1 Å². The molecule has 1 N–H and O–H groups in total. The van der Waals surface area contributed by atoms with Gasteiger partial charge in [-0.2, -0.15) is 13.2 Å². The number of rotatable bonds is 5. The Morgan fingerprint density at radius 1 is 1.45 bits per heavy atom. The number of carbonyl (C=O) groups is 1. The molecule has 0 saturated carbocycles. The van der Waals surface area contributed by atoms with Gasteiger partial charge in [0.1, 0.15) is 6.54 Å². The van der Waals surface area contributed by atoms with Gasteiger partial charge >= 0.3 is 6.18 Å². The highest BCUT2D eigenvalue weighted by Crippen LogP contribution is 2.18. The molecule has 4 nitrogen and oxygen atoms in total. The molecule has 0 aromatic carbocycles. The van der Waals surface area contributed by atoms with E-state index in [0.29, 0.717) is 6.54 Å². The van der Waals surface area contributed by atoms with Crippen molar-refractivity contribution in [3.8, 4) is 0 Å². The van der Waals surface area contributed by atoms with Gasteiger partial charge < -0.3 is 10.2 Å². The molecule has 118 valence electrons. The number of hydrogen-bond donors (Lipinski definition) is 1. The molecule has 1 amide bonds. The topological polar surface area (TPSA) is 35.6 Å². The second-order valence-corrected chi connectivity index (χ2v) is 5.81. The summed E-state index contributed by atoms with van der Waals surface area (Å²) in [5.41, 5.74) is 0. The van der Waals surface area contributed by atoms with Crippen molar-refractivity contribution in [2.75, 3.05) is 39.3 Å². The normalized spacial score (nSPS) is 21.2. The molecule has 0 radical (unpaired) electrons. The maximum absolute atomic E-state index is 12.6. The van der Waals surface area contributed by atoms with Crippen LogP contribution in [0.3, 0.4) is 0 Å². The Morgan fingerprint density at radius 3 is 2.60 bits per heavy atom. The highest BCUT2D eigenvalue weighted by molar-refractivity contribution is 5.78. The second-order valence-electron chi connectivity index (χ2n) is 5.81. The fourth-order valence-corrected chi connectivity index (χ4v) is 2.30. The Kier molecular flexibility index (Phi) is 6.26. The van der Waals surface area contributed by atoms with Crippen molar-refractivity contribution in [3.63, 3.8) is 0 Å². The maximum Gasteiger partial charge on any atom is 0.406 e. The van der Waals surface area contributed by atoms with E-state index in [1.165, 1.54) is 0 Å². The van der Waals surface area contributed by atoms with Gasteiger partial charge in [0.05, 0.1) is 6.54 Å². The lowest BCUT2D eigenvalue weighted by Gasteiger charge is -2.35. The van der Waals surface area contributed by atoms with E-state index in [1.807, 2.05) is 25.7 Å². The van der Waals surface area contributed by atoms with E-state index >= 15 is 0 Å². The Hall–Kier alpha value is -0.820. The zero-order valence-corrected chi connectivity index (χ0v) is 12.3. The summed E-state index contributed by atoms with van der Waals surface area (Å²) in [5.74, 6) is -0.425. The van der Waals surface area contributed by atoms with Crippen LogP contribution in [0.2, 0.25) is 0 Å². The Labute approximate surface area is 118 Å². The predicted octanol–water partition coefficient (Wildman–Crippen LogP) is 1.33. The largest absolute Gasteiger partial charge is 0.406 e. The minimum atomic E-state index is -4.35. The van der Waals surface area contributed by atoms with Gasteiger partial charge in [0, 0.05) is 32.2 Å². The molecular weight excluding hydrogens is 271 g/mol. The number of nitrogens with zero attached hydrogens (tertiary/aromatic N) is 2. The third-order valence-electron chi connectivity index (χ3n) is 3.29. The van der Waals surface area contributed by atoms with Crippen LogP contribution in [-0.2, 0) is 4.79 Å². The highest BCUT2D eigenvalue weighted by atomic mass is 19.4. The van der Waals surface area contributed by atoms with Crippen LogP contribution in [0.1, 0.15) is 20.8 Å². The average molecular weight is 295 g/mol. The van der Waals surface area contributed by atoms with E-state index < -0.39 is 18.6 Å². The Morgan fingerprint density at radius 2 is 2.10 bits per heavy atom. The smallest absolute Gasteiger partial charge is 0.332 e. The number of carbonyl (C=O) groups excluding carboxylic acids is 1. The predicted molar refractivity (Wildman–Crippen MR) is 71.4 cm³/mol. The van der Waals surface area contributed by atoms with Gasteiger partial charge in [-0.3, -0.25) is 9.69 Å². The first kappa shape index (κ1) is 17.2. The summed E-state index contributed by atoms with van der Waals surface area (Å²) in [7, 11) is 0. The van der Waals surface area contributed by atoms with Crippen molar-refractivity contribution in [2.45, 2.75) is 33.0 Å². The number of hydrogen-bond acceptors (Lipinski definition) is 3. The lowest BCUT2D eigenvalue weighted by Crippen LogP contribution is -2.54.